The average molecular weight is 315 g/mol. The summed E-state index contributed by atoms with van der Waals surface area (Å²) in [5.74, 6) is 0.861. The van der Waals surface area contributed by atoms with Gasteiger partial charge in [0.15, 0.2) is 0 Å². The van der Waals surface area contributed by atoms with Crippen LogP contribution in [0.3, 0.4) is 0 Å². The third-order valence-corrected chi connectivity index (χ3v) is 4.46. The highest BCUT2D eigenvalue weighted by atomic mass is 35.5. The van der Waals surface area contributed by atoms with Gasteiger partial charge in [0, 0.05) is 16.8 Å². The molecule has 0 heterocycles. The van der Waals surface area contributed by atoms with E-state index < -0.39 is 0 Å². The molecular weight excluding hydrogens is 299 g/mol. The first kappa shape index (κ1) is 14.4. The van der Waals surface area contributed by atoms with Gasteiger partial charge in [-0.3, -0.25) is 0 Å². The molecule has 0 spiro atoms. The van der Waals surface area contributed by atoms with Crippen molar-refractivity contribution in [2.45, 2.75) is 12.3 Å². The number of hydrogen-bond donors (Lipinski definition) is 0. The molecule has 3 aromatic carbocycles. The first-order chi connectivity index (χ1) is 10.3. The quantitative estimate of drug-likeness (QED) is 0.513. The highest BCUT2D eigenvalue weighted by Gasteiger charge is 2.13. The summed E-state index contributed by atoms with van der Waals surface area (Å²) in [4.78, 5) is 0. The normalized spacial score (nSPS) is 12.5. The molecule has 0 radical (unpaired) electrons. The maximum Gasteiger partial charge on any atom is 0.0408 e. The van der Waals surface area contributed by atoms with Gasteiger partial charge in [-0.1, -0.05) is 66.2 Å². The molecule has 0 bridgehead atoms. The molecule has 0 aromatic heterocycles. The van der Waals surface area contributed by atoms with Crippen molar-refractivity contribution in [2.75, 3.05) is 5.88 Å². The molecule has 106 valence electrons. The van der Waals surface area contributed by atoms with Gasteiger partial charge in [0.25, 0.3) is 0 Å². The number of alkyl halides is 1. The lowest BCUT2D eigenvalue weighted by Crippen LogP contribution is -2.05. The van der Waals surface area contributed by atoms with E-state index in [0.717, 1.165) is 11.4 Å². The molecule has 1 unspecified atom stereocenters. The van der Waals surface area contributed by atoms with Crippen molar-refractivity contribution in [3.63, 3.8) is 0 Å². The highest BCUT2D eigenvalue weighted by Crippen LogP contribution is 2.28. The lowest BCUT2D eigenvalue weighted by atomic mass is 9.91. The van der Waals surface area contributed by atoms with E-state index >= 15 is 0 Å². The first-order valence-electron chi connectivity index (χ1n) is 7.06. The van der Waals surface area contributed by atoms with E-state index in [1.54, 1.807) is 0 Å². The van der Waals surface area contributed by atoms with Crippen LogP contribution in [-0.2, 0) is 6.42 Å². The molecule has 3 rings (SSSR count). The molecule has 0 amide bonds. The molecule has 1 atom stereocenters. The molecule has 3 aromatic rings. The molecular formula is C19H16Cl2. The summed E-state index contributed by atoms with van der Waals surface area (Å²) < 4.78 is 0. The molecule has 2 heteroatoms. The van der Waals surface area contributed by atoms with Gasteiger partial charge in [-0.15, -0.1) is 11.6 Å². The lowest BCUT2D eigenvalue weighted by Gasteiger charge is -2.16. The maximum absolute atomic E-state index is 6.21. The predicted molar refractivity (Wildman–Crippen MR) is 92.6 cm³/mol. The van der Waals surface area contributed by atoms with Gasteiger partial charge in [-0.05, 0) is 40.5 Å². The standard InChI is InChI=1S/C19H16Cl2/c20-13-17(15-7-4-9-18(21)12-15)11-16-8-3-6-14-5-1-2-10-19(14)16/h1-10,12,17H,11,13H2. The summed E-state index contributed by atoms with van der Waals surface area (Å²) in [5.41, 5.74) is 2.53. The van der Waals surface area contributed by atoms with Gasteiger partial charge in [-0.2, -0.15) is 0 Å². The van der Waals surface area contributed by atoms with Crippen LogP contribution in [-0.4, -0.2) is 5.88 Å². The molecule has 0 aliphatic rings. The molecule has 0 aliphatic heterocycles. The summed E-state index contributed by atoms with van der Waals surface area (Å²) in [5, 5.41) is 3.34. The zero-order chi connectivity index (χ0) is 14.7. The van der Waals surface area contributed by atoms with E-state index in [9.17, 15) is 0 Å². The fraction of sp³-hybridized carbons (Fsp3) is 0.158. The Balaban J connectivity index is 1.96. The molecule has 0 aliphatic carbocycles. The molecule has 0 saturated heterocycles. The van der Waals surface area contributed by atoms with Crippen LogP contribution in [0.15, 0.2) is 66.7 Å². The SMILES string of the molecule is ClCC(Cc1cccc2ccccc12)c1cccc(Cl)c1. The van der Waals surface area contributed by atoms with Crippen LogP contribution in [0, 0.1) is 0 Å². The predicted octanol–water partition coefficient (Wildman–Crippen LogP) is 6.06. The number of fused-ring (bicyclic) bond motifs is 1. The fourth-order valence-electron chi connectivity index (χ4n) is 2.76. The van der Waals surface area contributed by atoms with Crippen LogP contribution in [0.25, 0.3) is 10.8 Å². The minimum Gasteiger partial charge on any atom is -0.126 e. The van der Waals surface area contributed by atoms with Crippen molar-refractivity contribution in [1.82, 2.24) is 0 Å². The van der Waals surface area contributed by atoms with Gasteiger partial charge >= 0.3 is 0 Å². The van der Waals surface area contributed by atoms with Crippen LogP contribution in [0.5, 0.6) is 0 Å². The van der Waals surface area contributed by atoms with Crippen molar-refractivity contribution in [3.05, 3.63) is 82.9 Å². The van der Waals surface area contributed by atoms with E-state index in [0.29, 0.717) is 5.88 Å². The Morgan fingerprint density at radius 2 is 1.62 bits per heavy atom. The van der Waals surface area contributed by atoms with Gasteiger partial charge < -0.3 is 0 Å². The molecule has 0 nitrogen and oxygen atoms in total. The minimum absolute atomic E-state index is 0.274. The Bertz CT molecular complexity index is 744. The largest absolute Gasteiger partial charge is 0.126 e. The Labute approximate surface area is 135 Å². The Morgan fingerprint density at radius 1 is 0.857 bits per heavy atom. The number of halogens is 2. The van der Waals surface area contributed by atoms with Crippen molar-refractivity contribution in [1.29, 1.82) is 0 Å². The number of rotatable bonds is 4. The Kier molecular flexibility index (Phi) is 4.48. The van der Waals surface area contributed by atoms with E-state index in [4.69, 9.17) is 23.2 Å². The summed E-state index contributed by atoms with van der Waals surface area (Å²) in [6.07, 6.45) is 0.922. The van der Waals surface area contributed by atoms with Crippen molar-refractivity contribution in [2.24, 2.45) is 0 Å². The molecule has 0 saturated carbocycles. The third kappa shape index (κ3) is 3.23. The van der Waals surface area contributed by atoms with Crippen LogP contribution < -0.4 is 0 Å². The van der Waals surface area contributed by atoms with Gasteiger partial charge in [0.2, 0.25) is 0 Å². The second-order valence-electron chi connectivity index (χ2n) is 5.25. The van der Waals surface area contributed by atoms with Crippen molar-refractivity contribution in [3.8, 4) is 0 Å². The minimum atomic E-state index is 0.274. The Morgan fingerprint density at radius 3 is 2.43 bits per heavy atom. The lowest BCUT2D eigenvalue weighted by molar-refractivity contribution is 0.770. The fourth-order valence-corrected chi connectivity index (χ4v) is 3.24. The summed E-state index contributed by atoms with van der Waals surface area (Å²) in [7, 11) is 0. The van der Waals surface area contributed by atoms with Gasteiger partial charge in [0.05, 0.1) is 0 Å². The zero-order valence-electron chi connectivity index (χ0n) is 11.6. The van der Waals surface area contributed by atoms with Gasteiger partial charge in [-0.25, -0.2) is 0 Å². The Hall–Kier alpha value is -1.50. The summed E-state index contributed by atoms with van der Waals surface area (Å²) in [6.45, 7) is 0. The second kappa shape index (κ2) is 6.51. The number of benzene rings is 3. The molecule has 0 N–H and O–H groups in total. The molecule has 0 fully saturated rings. The maximum atomic E-state index is 6.21. The molecule has 21 heavy (non-hydrogen) atoms. The summed E-state index contributed by atoms with van der Waals surface area (Å²) in [6, 6.07) is 22.9. The van der Waals surface area contributed by atoms with Crippen LogP contribution in [0.4, 0.5) is 0 Å². The second-order valence-corrected chi connectivity index (χ2v) is 5.99. The van der Waals surface area contributed by atoms with Crippen LogP contribution in [0.1, 0.15) is 17.0 Å². The topological polar surface area (TPSA) is 0 Å². The zero-order valence-corrected chi connectivity index (χ0v) is 13.1. The smallest absolute Gasteiger partial charge is 0.0408 e. The highest BCUT2D eigenvalue weighted by molar-refractivity contribution is 6.30. The van der Waals surface area contributed by atoms with Crippen molar-refractivity contribution < 1.29 is 0 Å². The van der Waals surface area contributed by atoms with Crippen LogP contribution in [0.2, 0.25) is 5.02 Å². The van der Waals surface area contributed by atoms with Gasteiger partial charge in [0.1, 0.15) is 0 Å². The van der Waals surface area contributed by atoms with Crippen LogP contribution >= 0.6 is 23.2 Å². The van der Waals surface area contributed by atoms with E-state index in [2.05, 4.69) is 48.5 Å². The average Bonchev–Trinajstić information content (AvgIpc) is 2.52. The monoisotopic (exact) mass is 314 g/mol. The first-order valence-corrected chi connectivity index (χ1v) is 7.97. The van der Waals surface area contributed by atoms with E-state index in [-0.39, 0.29) is 5.92 Å². The third-order valence-electron chi connectivity index (χ3n) is 3.85. The summed E-state index contributed by atoms with van der Waals surface area (Å²) >= 11 is 12.3. The van der Waals surface area contributed by atoms with E-state index in [1.807, 2.05) is 18.2 Å². The van der Waals surface area contributed by atoms with E-state index in [1.165, 1.54) is 21.9 Å². The number of hydrogen-bond acceptors (Lipinski definition) is 0. The van der Waals surface area contributed by atoms with Crippen molar-refractivity contribution >= 4 is 34.0 Å².